The van der Waals surface area contributed by atoms with Gasteiger partial charge in [-0.05, 0) is 61.9 Å². The summed E-state index contributed by atoms with van der Waals surface area (Å²) in [6.45, 7) is 2.97. The zero-order valence-corrected chi connectivity index (χ0v) is 24.2. The fraction of sp³-hybridized carbons (Fsp3) is 0.324. The van der Waals surface area contributed by atoms with E-state index in [1.807, 2.05) is 60.7 Å². The number of aliphatic carboxylic acids is 1. The van der Waals surface area contributed by atoms with Crippen molar-refractivity contribution in [2.45, 2.75) is 44.8 Å². The van der Waals surface area contributed by atoms with Crippen molar-refractivity contribution in [3.63, 3.8) is 0 Å². The maximum atomic E-state index is 13.0. The van der Waals surface area contributed by atoms with Crippen molar-refractivity contribution in [2.24, 2.45) is 5.92 Å². The number of ether oxygens (including phenoxy) is 1. The molecule has 1 amide bonds. The molecule has 1 aliphatic carbocycles. The number of aldehydes is 1. The number of nitrogens with zero attached hydrogens (tertiary/aromatic N) is 3. The Labute approximate surface area is 251 Å². The van der Waals surface area contributed by atoms with Crippen molar-refractivity contribution in [1.82, 2.24) is 20.2 Å². The van der Waals surface area contributed by atoms with E-state index in [-0.39, 0.29) is 24.0 Å². The van der Waals surface area contributed by atoms with Gasteiger partial charge in [0.1, 0.15) is 25.3 Å². The second kappa shape index (κ2) is 13.6. The Hall–Kier alpha value is -4.63. The lowest BCUT2D eigenvalue weighted by atomic mass is 9.83. The molecule has 2 N–H and O–H groups in total. The molecule has 1 aliphatic heterocycles. The molecule has 3 aromatic rings. The number of nitrogens with one attached hydrogen (secondary N) is 1. The summed E-state index contributed by atoms with van der Waals surface area (Å²) in [7, 11) is 0. The number of hydrogen-bond donors (Lipinski definition) is 2. The Balaban J connectivity index is 1.26. The third-order valence-corrected chi connectivity index (χ3v) is 8.11. The van der Waals surface area contributed by atoms with Crippen LogP contribution in [0.15, 0.2) is 78.9 Å². The number of likely N-dealkylation sites (tertiary alicyclic amines) is 1. The molecule has 222 valence electrons. The predicted molar refractivity (Wildman–Crippen MR) is 162 cm³/mol. The first-order chi connectivity index (χ1) is 20.9. The van der Waals surface area contributed by atoms with E-state index in [2.05, 4.69) is 38.4 Å². The van der Waals surface area contributed by atoms with Crippen molar-refractivity contribution < 1.29 is 24.2 Å². The van der Waals surface area contributed by atoms with Crippen molar-refractivity contribution in [1.29, 1.82) is 0 Å². The van der Waals surface area contributed by atoms with Gasteiger partial charge in [-0.25, -0.2) is 9.97 Å². The summed E-state index contributed by atoms with van der Waals surface area (Å²) in [6.07, 6.45) is 10.2. The van der Waals surface area contributed by atoms with Crippen LogP contribution < -0.4 is 10.1 Å². The van der Waals surface area contributed by atoms with Crippen LogP contribution in [0.5, 0.6) is 5.75 Å². The molecule has 1 unspecified atom stereocenters. The SMILES string of the molecule is Cc1nc(CC2CCN(C3(C=O)C=CC(c4ccccc4)=CC3)CC2)nc(C(=O)NCC(=O)O)c1OCc1ccccc1. The van der Waals surface area contributed by atoms with Crippen LogP contribution >= 0.6 is 0 Å². The fourth-order valence-electron chi connectivity index (χ4n) is 5.70. The molecule has 0 saturated carbocycles. The topological polar surface area (TPSA) is 122 Å². The molecule has 0 radical (unpaired) electrons. The number of aromatic nitrogens is 2. The van der Waals surface area contributed by atoms with E-state index < -0.39 is 24.0 Å². The summed E-state index contributed by atoms with van der Waals surface area (Å²) in [5.74, 6) is -0.738. The molecule has 1 aromatic heterocycles. The Kier molecular flexibility index (Phi) is 9.41. The molecule has 1 saturated heterocycles. The molecular weight excluding hydrogens is 544 g/mol. The van der Waals surface area contributed by atoms with Crippen LogP contribution in [0.2, 0.25) is 0 Å². The number of allylic oxidation sites excluding steroid dienone is 2. The van der Waals surface area contributed by atoms with Gasteiger partial charge in [0.2, 0.25) is 0 Å². The van der Waals surface area contributed by atoms with E-state index in [1.165, 1.54) is 0 Å². The fourth-order valence-corrected chi connectivity index (χ4v) is 5.70. The molecule has 43 heavy (non-hydrogen) atoms. The maximum Gasteiger partial charge on any atom is 0.322 e. The van der Waals surface area contributed by atoms with Gasteiger partial charge in [0.15, 0.2) is 11.4 Å². The van der Waals surface area contributed by atoms with Gasteiger partial charge >= 0.3 is 5.97 Å². The normalized spacial score (nSPS) is 19.0. The van der Waals surface area contributed by atoms with Crippen molar-refractivity contribution in [3.05, 3.63) is 107 Å². The van der Waals surface area contributed by atoms with E-state index in [9.17, 15) is 14.4 Å². The zero-order valence-electron chi connectivity index (χ0n) is 24.2. The van der Waals surface area contributed by atoms with E-state index in [4.69, 9.17) is 9.84 Å². The van der Waals surface area contributed by atoms with Crippen LogP contribution in [0.1, 0.15) is 52.4 Å². The highest BCUT2D eigenvalue weighted by Crippen LogP contribution is 2.34. The molecule has 2 aromatic carbocycles. The van der Waals surface area contributed by atoms with Gasteiger partial charge in [0.25, 0.3) is 5.91 Å². The highest BCUT2D eigenvalue weighted by atomic mass is 16.5. The number of hydrogen-bond acceptors (Lipinski definition) is 7. The summed E-state index contributed by atoms with van der Waals surface area (Å²) in [6, 6.07) is 19.7. The Bertz CT molecular complexity index is 1510. The van der Waals surface area contributed by atoms with Gasteiger partial charge < -0.3 is 20.0 Å². The smallest absolute Gasteiger partial charge is 0.322 e. The second-order valence-corrected chi connectivity index (χ2v) is 11.1. The largest absolute Gasteiger partial charge is 0.485 e. The molecule has 5 rings (SSSR count). The second-order valence-electron chi connectivity index (χ2n) is 11.1. The summed E-state index contributed by atoms with van der Waals surface area (Å²) < 4.78 is 5.98. The van der Waals surface area contributed by atoms with Crippen molar-refractivity contribution in [3.8, 4) is 5.75 Å². The molecule has 0 spiro atoms. The average molecular weight is 581 g/mol. The highest BCUT2D eigenvalue weighted by Gasteiger charge is 2.37. The van der Waals surface area contributed by atoms with E-state index in [0.29, 0.717) is 24.4 Å². The third-order valence-electron chi connectivity index (χ3n) is 8.11. The average Bonchev–Trinajstić information content (AvgIpc) is 3.04. The van der Waals surface area contributed by atoms with Gasteiger partial charge in [-0.15, -0.1) is 0 Å². The quantitative estimate of drug-likeness (QED) is 0.320. The van der Waals surface area contributed by atoms with Gasteiger partial charge in [-0.1, -0.05) is 78.9 Å². The predicted octanol–water partition coefficient (Wildman–Crippen LogP) is 4.41. The number of carbonyl (C=O) groups is 3. The molecule has 2 aliphatic rings. The van der Waals surface area contributed by atoms with Crippen molar-refractivity contribution >= 4 is 23.7 Å². The first-order valence-corrected chi connectivity index (χ1v) is 14.6. The van der Waals surface area contributed by atoms with Crippen LogP contribution in [0.4, 0.5) is 0 Å². The first-order valence-electron chi connectivity index (χ1n) is 14.6. The molecule has 2 heterocycles. The Morgan fingerprint density at radius 1 is 1.07 bits per heavy atom. The minimum atomic E-state index is -1.15. The number of benzene rings is 2. The molecular formula is C34H36N4O5. The van der Waals surface area contributed by atoms with Gasteiger partial charge in [0, 0.05) is 6.42 Å². The van der Waals surface area contributed by atoms with Crippen LogP contribution in [-0.2, 0) is 22.6 Å². The van der Waals surface area contributed by atoms with Gasteiger partial charge in [0.05, 0.1) is 11.2 Å². The summed E-state index contributed by atoms with van der Waals surface area (Å²) in [4.78, 5) is 47.9. The Morgan fingerprint density at radius 3 is 2.40 bits per heavy atom. The lowest BCUT2D eigenvalue weighted by Gasteiger charge is -2.43. The van der Waals surface area contributed by atoms with Crippen LogP contribution in [0, 0.1) is 12.8 Å². The summed E-state index contributed by atoms with van der Waals surface area (Å²) >= 11 is 0. The standard InChI is InChI=1S/C34H36N4O5/c1-24-32(43-22-26-8-4-2-5-9-26)31(33(42)35-21-30(40)41)37-29(36-24)20-25-14-18-38(19-15-25)34(23-39)16-12-28(13-17-34)27-10-6-3-7-11-27/h2-13,16,23,25H,14-15,17-22H2,1H3,(H,35,42)(H,40,41). The summed E-state index contributed by atoms with van der Waals surface area (Å²) in [5.41, 5.74) is 3.09. The van der Waals surface area contributed by atoms with E-state index >= 15 is 0 Å². The van der Waals surface area contributed by atoms with Gasteiger partial charge in [-0.2, -0.15) is 0 Å². The third kappa shape index (κ3) is 7.24. The molecule has 9 nitrogen and oxygen atoms in total. The molecule has 0 bridgehead atoms. The minimum absolute atomic E-state index is 0.0328. The van der Waals surface area contributed by atoms with Crippen LogP contribution in [0.3, 0.4) is 0 Å². The van der Waals surface area contributed by atoms with Crippen LogP contribution in [0.25, 0.3) is 5.57 Å². The molecule has 1 atom stereocenters. The van der Waals surface area contributed by atoms with Crippen LogP contribution in [-0.4, -0.2) is 63.3 Å². The number of aryl methyl sites for hydroxylation is 1. The number of piperidine rings is 1. The highest BCUT2D eigenvalue weighted by molar-refractivity contribution is 5.96. The van der Waals surface area contributed by atoms with Gasteiger partial charge in [-0.3, -0.25) is 14.5 Å². The number of carboxylic acid groups (broad SMARTS) is 1. The monoisotopic (exact) mass is 580 g/mol. The lowest BCUT2D eigenvalue weighted by molar-refractivity contribution is -0.135. The number of amides is 1. The molecule has 1 fully saturated rings. The molecule has 9 heteroatoms. The lowest BCUT2D eigenvalue weighted by Crippen LogP contribution is -2.52. The first kappa shape index (κ1) is 29.8. The van der Waals surface area contributed by atoms with E-state index in [0.717, 1.165) is 48.9 Å². The zero-order chi connectivity index (χ0) is 30.2. The van der Waals surface area contributed by atoms with E-state index in [1.54, 1.807) is 6.92 Å². The maximum absolute atomic E-state index is 13.0. The number of carbonyl (C=O) groups excluding carboxylic acids is 2. The van der Waals surface area contributed by atoms with Crippen molar-refractivity contribution in [2.75, 3.05) is 19.6 Å². The minimum Gasteiger partial charge on any atom is -0.485 e. The summed E-state index contributed by atoms with van der Waals surface area (Å²) in [5, 5.41) is 11.5. The number of carboxylic acids is 1. The Morgan fingerprint density at radius 2 is 1.77 bits per heavy atom. The number of rotatable bonds is 11.